The molecule has 1 heterocycles. The molecule has 0 radical (unpaired) electrons. The smallest absolute Gasteiger partial charge is 0.0664 e. The summed E-state index contributed by atoms with van der Waals surface area (Å²) in [7, 11) is 0. The highest BCUT2D eigenvalue weighted by atomic mass is 35.5. The SMILES string of the molecule is CCc1cc(CC)n(-c2ccc(Cl)c(Cl)c2)n1. The highest BCUT2D eigenvalue weighted by Gasteiger charge is 2.08. The third-order valence-corrected chi connectivity index (χ3v) is 3.44. The molecule has 90 valence electrons. The van der Waals surface area contributed by atoms with E-state index in [9.17, 15) is 0 Å². The first-order valence-electron chi connectivity index (χ1n) is 5.69. The minimum Gasteiger partial charge on any atom is -0.238 e. The van der Waals surface area contributed by atoms with Crippen LogP contribution in [0.3, 0.4) is 0 Å². The Morgan fingerprint density at radius 3 is 2.41 bits per heavy atom. The van der Waals surface area contributed by atoms with Gasteiger partial charge in [0.15, 0.2) is 0 Å². The predicted octanol–water partition coefficient (Wildman–Crippen LogP) is 4.30. The Morgan fingerprint density at radius 2 is 1.82 bits per heavy atom. The van der Waals surface area contributed by atoms with E-state index in [0.717, 1.165) is 24.2 Å². The lowest BCUT2D eigenvalue weighted by Gasteiger charge is -2.06. The van der Waals surface area contributed by atoms with E-state index in [1.54, 1.807) is 6.07 Å². The lowest BCUT2D eigenvalue weighted by atomic mass is 10.2. The zero-order valence-corrected chi connectivity index (χ0v) is 11.4. The average molecular weight is 269 g/mol. The van der Waals surface area contributed by atoms with Crippen molar-refractivity contribution in [3.8, 4) is 5.69 Å². The third kappa shape index (κ3) is 2.48. The van der Waals surface area contributed by atoms with Gasteiger partial charge in [-0.1, -0.05) is 37.0 Å². The van der Waals surface area contributed by atoms with Crippen LogP contribution in [0.4, 0.5) is 0 Å². The quantitative estimate of drug-likeness (QED) is 0.812. The number of aryl methyl sites for hydroxylation is 2. The summed E-state index contributed by atoms with van der Waals surface area (Å²) in [5.41, 5.74) is 3.23. The molecule has 0 aliphatic carbocycles. The summed E-state index contributed by atoms with van der Waals surface area (Å²) in [5, 5.41) is 5.68. The molecule has 0 aliphatic rings. The zero-order chi connectivity index (χ0) is 12.4. The fourth-order valence-corrected chi connectivity index (χ4v) is 2.03. The minimum atomic E-state index is 0.555. The second kappa shape index (κ2) is 5.11. The van der Waals surface area contributed by atoms with E-state index in [-0.39, 0.29) is 0 Å². The Hall–Kier alpha value is -0.990. The van der Waals surface area contributed by atoms with Crippen molar-refractivity contribution in [1.29, 1.82) is 0 Å². The maximum Gasteiger partial charge on any atom is 0.0664 e. The predicted molar refractivity (Wildman–Crippen MR) is 72.3 cm³/mol. The molecule has 0 saturated carbocycles. The molecule has 0 bridgehead atoms. The van der Waals surface area contributed by atoms with E-state index < -0.39 is 0 Å². The normalized spacial score (nSPS) is 10.8. The van der Waals surface area contributed by atoms with E-state index >= 15 is 0 Å². The second-order valence-electron chi connectivity index (χ2n) is 3.84. The fraction of sp³-hybridized carbons (Fsp3) is 0.308. The molecule has 1 aromatic carbocycles. The summed E-state index contributed by atoms with van der Waals surface area (Å²) >= 11 is 11.9. The van der Waals surface area contributed by atoms with Gasteiger partial charge in [-0.25, -0.2) is 4.68 Å². The topological polar surface area (TPSA) is 17.8 Å². The third-order valence-electron chi connectivity index (χ3n) is 2.71. The van der Waals surface area contributed by atoms with Crippen LogP contribution in [0.15, 0.2) is 24.3 Å². The van der Waals surface area contributed by atoms with E-state index in [1.807, 2.05) is 16.8 Å². The number of hydrogen-bond donors (Lipinski definition) is 0. The van der Waals surface area contributed by atoms with Crippen LogP contribution in [-0.4, -0.2) is 9.78 Å². The van der Waals surface area contributed by atoms with Crippen molar-refractivity contribution in [1.82, 2.24) is 9.78 Å². The molecule has 0 unspecified atom stereocenters. The molecule has 0 atom stereocenters. The molecule has 2 nitrogen and oxygen atoms in total. The first-order chi connectivity index (χ1) is 8.15. The number of benzene rings is 1. The molecule has 0 aliphatic heterocycles. The van der Waals surface area contributed by atoms with E-state index in [1.165, 1.54) is 5.69 Å². The first kappa shape index (κ1) is 12.5. The zero-order valence-electron chi connectivity index (χ0n) is 9.87. The maximum absolute atomic E-state index is 6.03. The first-order valence-corrected chi connectivity index (χ1v) is 6.44. The van der Waals surface area contributed by atoms with Crippen molar-refractivity contribution >= 4 is 23.2 Å². The molecule has 0 amide bonds. The van der Waals surface area contributed by atoms with Gasteiger partial charge < -0.3 is 0 Å². The molecular weight excluding hydrogens is 255 g/mol. The van der Waals surface area contributed by atoms with E-state index in [4.69, 9.17) is 23.2 Å². The molecule has 0 spiro atoms. The van der Waals surface area contributed by atoms with Gasteiger partial charge in [0.1, 0.15) is 0 Å². The van der Waals surface area contributed by atoms with Crippen LogP contribution in [0.5, 0.6) is 0 Å². The molecule has 2 aromatic rings. The Morgan fingerprint density at radius 1 is 1.06 bits per heavy atom. The van der Waals surface area contributed by atoms with Gasteiger partial charge >= 0.3 is 0 Å². The largest absolute Gasteiger partial charge is 0.238 e. The average Bonchev–Trinajstić information content (AvgIpc) is 2.76. The Kier molecular flexibility index (Phi) is 3.75. The van der Waals surface area contributed by atoms with Gasteiger partial charge in [-0.3, -0.25) is 0 Å². The van der Waals surface area contributed by atoms with Crippen molar-refractivity contribution in [2.45, 2.75) is 26.7 Å². The standard InChI is InChI=1S/C13H14Cl2N2/c1-3-9-7-10(4-2)17(16-9)11-5-6-12(14)13(15)8-11/h5-8H,3-4H2,1-2H3. The number of hydrogen-bond acceptors (Lipinski definition) is 1. The summed E-state index contributed by atoms with van der Waals surface area (Å²) in [6.07, 6.45) is 1.87. The highest BCUT2D eigenvalue weighted by molar-refractivity contribution is 6.42. The van der Waals surface area contributed by atoms with Gasteiger partial charge in [0.25, 0.3) is 0 Å². The van der Waals surface area contributed by atoms with Crippen molar-refractivity contribution in [3.05, 3.63) is 45.7 Å². The minimum absolute atomic E-state index is 0.555. The van der Waals surface area contributed by atoms with Crippen molar-refractivity contribution in [2.75, 3.05) is 0 Å². The van der Waals surface area contributed by atoms with E-state index in [2.05, 4.69) is 25.0 Å². The van der Waals surface area contributed by atoms with Crippen molar-refractivity contribution < 1.29 is 0 Å². The molecule has 1 aromatic heterocycles. The molecule has 0 saturated heterocycles. The van der Waals surface area contributed by atoms with Crippen LogP contribution < -0.4 is 0 Å². The maximum atomic E-state index is 6.03. The summed E-state index contributed by atoms with van der Waals surface area (Å²) in [5.74, 6) is 0. The van der Waals surface area contributed by atoms with Crippen LogP contribution in [0, 0.1) is 0 Å². The van der Waals surface area contributed by atoms with Gasteiger partial charge in [-0.05, 0) is 37.1 Å². The number of aromatic nitrogens is 2. The molecule has 2 rings (SSSR count). The lowest BCUT2D eigenvalue weighted by molar-refractivity contribution is 0.794. The van der Waals surface area contributed by atoms with Crippen LogP contribution in [0.2, 0.25) is 10.0 Å². The number of halogens is 2. The molecule has 4 heteroatoms. The Bertz CT molecular complexity index is 532. The lowest BCUT2D eigenvalue weighted by Crippen LogP contribution is -2.01. The Labute approximate surface area is 111 Å². The van der Waals surface area contributed by atoms with Gasteiger partial charge in [-0.2, -0.15) is 5.10 Å². The van der Waals surface area contributed by atoms with Gasteiger partial charge in [0.05, 0.1) is 21.4 Å². The summed E-state index contributed by atoms with van der Waals surface area (Å²) in [6, 6.07) is 7.70. The fourth-order valence-electron chi connectivity index (χ4n) is 1.74. The Balaban J connectivity index is 2.51. The van der Waals surface area contributed by atoms with Gasteiger partial charge in [-0.15, -0.1) is 0 Å². The monoisotopic (exact) mass is 268 g/mol. The second-order valence-corrected chi connectivity index (χ2v) is 4.66. The summed E-state index contributed by atoms with van der Waals surface area (Å²) in [6.45, 7) is 4.21. The van der Waals surface area contributed by atoms with Crippen LogP contribution >= 0.6 is 23.2 Å². The van der Waals surface area contributed by atoms with Crippen molar-refractivity contribution in [3.63, 3.8) is 0 Å². The summed E-state index contributed by atoms with van der Waals surface area (Å²) < 4.78 is 1.93. The van der Waals surface area contributed by atoms with Crippen LogP contribution in [0.25, 0.3) is 5.69 Å². The van der Waals surface area contributed by atoms with Gasteiger partial charge in [0, 0.05) is 5.69 Å². The molecule has 17 heavy (non-hydrogen) atoms. The van der Waals surface area contributed by atoms with E-state index in [0.29, 0.717) is 10.0 Å². The van der Waals surface area contributed by atoms with Gasteiger partial charge in [0.2, 0.25) is 0 Å². The number of nitrogens with zero attached hydrogens (tertiary/aromatic N) is 2. The molecule has 0 fully saturated rings. The van der Waals surface area contributed by atoms with Crippen LogP contribution in [0.1, 0.15) is 25.2 Å². The van der Waals surface area contributed by atoms with Crippen molar-refractivity contribution in [2.24, 2.45) is 0 Å². The molecular formula is C13H14Cl2N2. The van der Waals surface area contributed by atoms with Crippen LogP contribution in [-0.2, 0) is 12.8 Å². The summed E-state index contributed by atoms with van der Waals surface area (Å²) in [4.78, 5) is 0. The highest BCUT2D eigenvalue weighted by Crippen LogP contribution is 2.25. The molecule has 0 N–H and O–H groups in total. The number of rotatable bonds is 3.